The smallest absolute Gasteiger partial charge is 0.327 e. The number of aliphatic hydroxyl groups excluding tert-OH is 1. The lowest BCUT2D eigenvalue weighted by Crippen LogP contribution is -2.57. The molecular formula is C13H22N4O8S. The van der Waals surface area contributed by atoms with Gasteiger partial charge in [0.25, 0.3) is 0 Å². The van der Waals surface area contributed by atoms with E-state index in [1.807, 2.05) is 0 Å². The van der Waals surface area contributed by atoms with Crippen LogP contribution in [-0.2, 0) is 24.0 Å². The van der Waals surface area contributed by atoms with Gasteiger partial charge in [0.15, 0.2) is 0 Å². The van der Waals surface area contributed by atoms with Crippen molar-refractivity contribution in [3.8, 4) is 0 Å². The normalized spacial score (nSPS) is 15.1. The van der Waals surface area contributed by atoms with Crippen molar-refractivity contribution in [2.45, 2.75) is 37.5 Å². The highest BCUT2D eigenvalue weighted by Gasteiger charge is 2.29. The molecule has 148 valence electrons. The molecule has 0 aromatic heterocycles. The van der Waals surface area contributed by atoms with Gasteiger partial charge in [-0.25, -0.2) is 4.79 Å². The van der Waals surface area contributed by atoms with E-state index in [0.29, 0.717) is 0 Å². The molecule has 4 unspecified atom stereocenters. The van der Waals surface area contributed by atoms with Gasteiger partial charge in [-0.2, -0.15) is 12.6 Å². The highest BCUT2D eigenvalue weighted by atomic mass is 32.1. The summed E-state index contributed by atoms with van der Waals surface area (Å²) in [5.74, 6) is -5.69. The molecule has 0 saturated carbocycles. The summed E-state index contributed by atoms with van der Waals surface area (Å²) in [6.45, 7) is 0.524. The van der Waals surface area contributed by atoms with E-state index in [1.54, 1.807) is 0 Å². The van der Waals surface area contributed by atoms with Crippen LogP contribution in [0.3, 0.4) is 0 Å². The average Bonchev–Trinajstić information content (AvgIpc) is 2.56. The molecule has 0 bridgehead atoms. The standard InChI is InChI=1S/C13H22N4O8S/c1-5(10(21)17-8(4-26)13(24)25)15-12(23)7(2-9(19)20)16-11(22)6(14)3-18/h5-8,18,26H,2-4,14H2,1H3,(H,15,23)(H,16,22)(H,17,21)(H,19,20)(H,24,25). The lowest BCUT2D eigenvalue weighted by atomic mass is 10.1. The Morgan fingerprint density at radius 1 is 0.962 bits per heavy atom. The van der Waals surface area contributed by atoms with Crippen LogP contribution >= 0.6 is 12.6 Å². The molecule has 0 aliphatic carbocycles. The lowest BCUT2D eigenvalue weighted by molar-refractivity contribution is -0.142. The number of thiol groups is 1. The van der Waals surface area contributed by atoms with Crippen LogP contribution in [0.1, 0.15) is 13.3 Å². The van der Waals surface area contributed by atoms with Gasteiger partial charge in [0.2, 0.25) is 17.7 Å². The van der Waals surface area contributed by atoms with Crippen LogP contribution in [0.2, 0.25) is 0 Å². The van der Waals surface area contributed by atoms with Gasteiger partial charge in [0, 0.05) is 5.75 Å². The van der Waals surface area contributed by atoms with Crippen molar-refractivity contribution < 1.29 is 39.3 Å². The van der Waals surface area contributed by atoms with Crippen molar-refractivity contribution in [2.24, 2.45) is 5.73 Å². The fourth-order valence-electron chi connectivity index (χ4n) is 1.61. The fraction of sp³-hybridized carbons (Fsp3) is 0.615. The van der Waals surface area contributed by atoms with Gasteiger partial charge < -0.3 is 37.0 Å². The number of aliphatic hydroxyl groups is 1. The van der Waals surface area contributed by atoms with E-state index in [4.69, 9.17) is 21.1 Å². The van der Waals surface area contributed by atoms with Crippen molar-refractivity contribution in [3.05, 3.63) is 0 Å². The van der Waals surface area contributed by atoms with Crippen LogP contribution in [0.15, 0.2) is 0 Å². The van der Waals surface area contributed by atoms with E-state index in [2.05, 4.69) is 28.6 Å². The minimum absolute atomic E-state index is 0.182. The molecule has 0 aliphatic rings. The maximum absolute atomic E-state index is 12.1. The number of carboxylic acids is 2. The molecule has 26 heavy (non-hydrogen) atoms. The second kappa shape index (κ2) is 11.3. The molecule has 8 N–H and O–H groups in total. The molecule has 0 rings (SSSR count). The van der Waals surface area contributed by atoms with Crippen LogP contribution < -0.4 is 21.7 Å². The number of carbonyl (C=O) groups is 5. The van der Waals surface area contributed by atoms with Crippen molar-refractivity contribution in [3.63, 3.8) is 0 Å². The zero-order chi connectivity index (χ0) is 20.4. The molecule has 0 saturated heterocycles. The van der Waals surface area contributed by atoms with Gasteiger partial charge in [-0.1, -0.05) is 0 Å². The van der Waals surface area contributed by atoms with Gasteiger partial charge in [0.1, 0.15) is 24.2 Å². The second-order valence-electron chi connectivity index (χ2n) is 5.26. The molecule has 4 atom stereocenters. The zero-order valence-corrected chi connectivity index (χ0v) is 14.7. The molecule has 0 heterocycles. The summed E-state index contributed by atoms with van der Waals surface area (Å²) in [6, 6.07) is -5.40. The Balaban J connectivity index is 4.95. The molecule has 0 aromatic rings. The minimum Gasteiger partial charge on any atom is -0.481 e. The number of hydrogen-bond donors (Lipinski definition) is 8. The van der Waals surface area contributed by atoms with E-state index >= 15 is 0 Å². The Morgan fingerprint density at radius 2 is 1.50 bits per heavy atom. The molecule has 0 radical (unpaired) electrons. The van der Waals surface area contributed by atoms with Crippen LogP contribution in [0.4, 0.5) is 0 Å². The van der Waals surface area contributed by atoms with Gasteiger partial charge in [-0.05, 0) is 6.92 Å². The fourth-order valence-corrected chi connectivity index (χ4v) is 1.85. The summed E-state index contributed by atoms with van der Waals surface area (Å²) in [6.07, 6.45) is -0.793. The van der Waals surface area contributed by atoms with Gasteiger partial charge >= 0.3 is 11.9 Å². The number of amides is 3. The van der Waals surface area contributed by atoms with Gasteiger partial charge in [0.05, 0.1) is 13.0 Å². The summed E-state index contributed by atoms with van der Waals surface area (Å²) in [5.41, 5.74) is 5.28. The number of carboxylic acid groups (broad SMARTS) is 2. The maximum Gasteiger partial charge on any atom is 0.327 e. The predicted octanol–water partition coefficient (Wildman–Crippen LogP) is -3.73. The average molecular weight is 394 g/mol. The predicted molar refractivity (Wildman–Crippen MR) is 90.3 cm³/mol. The van der Waals surface area contributed by atoms with E-state index in [0.717, 1.165) is 0 Å². The van der Waals surface area contributed by atoms with E-state index in [1.165, 1.54) is 6.92 Å². The van der Waals surface area contributed by atoms with Crippen molar-refractivity contribution >= 4 is 42.3 Å². The van der Waals surface area contributed by atoms with Crippen LogP contribution in [0, 0.1) is 0 Å². The SMILES string of the molecule is CC(NC(=O)C(CC(=O)O)NC(=O)C(N)CO)C(=O)NC(CS)C(=O)O. The largest absolute Gasteiger partial charge is 0.481 e. The quantitative estimate of drug-likeness (QED) is 0.162. The van der Waals surface area contributed by atoms with Gasteiger partial charge in [-0.3, -0.25) is 19.2 Å². The summed E-state index contributed by atoms with van der Waals surface area (Å²) >= 11 is 3.78. The third-order valence-electron chi connectivity index (χ3n) is 3.09. The molecule has 0 aliphatic heterocycles. The maximum atomic E-state index is 12.1. The third kappa shape index (κ3) is 8.13. The summed E-state index contributed by atoms with van der Waals surface area (Å²) < 4.78 is 0. The highest BCUT2D eigenvalue weighted by Crippen LogP contribution is 1.97. The number of nitrogens with one attached hydrogen (secondary N) is 3. The summed E-state index contributed by atoms with van der Waals surface area (Å²) in [4.78, 5) is 57.4. The Bertz CT molecular complexity index is 558. The molecular weight excluding hydrogens is 372 g/mol. The minimum atomic E-state index is -1.55. The second-order valence-corrected chi connectivity index (χ2v) is 5.63. The first-order chi connectivity index (χ1) is 12.0. The van der Waals surface area contributed by atoms with Crippen LogP contribution in [0.5, 0.6) is 0 Å². The Morgan fingerprint density at radius 3 is 1.92 bits per heavy atom. The molecule has 0 fully saturated rings. The number of nitrogens with two attached hydrogens (primary N) is 1. The molecule has 0 aromatic carbocycles. The molecule has 3 amide bonds. The number of hydrogen-bond acceptors (Lipinski definition) is 8. The van der Waals surface area contributed by atoms with Crippen LogP contribution in [0.25, 0.3) is 0 Å². The number of carbonyl (C=O) groups excluding carboxylic acids is 3. The topological polar surface area (TPSA) is 208 Å². The monoisotopic (exact) mass is 394 g/mol. The zero-order valence-electron chi connectivity index (χ0n) is 13.8. The third-order valence-corrected chi connectivity index (χ3v) is 3.46. The number of aliphatic carboxylic acids is 2. The first-order valence-corrected chi connectivity index (χ1v) is 7.99. The molecule has 13 heteroatoms. The Kier molecular flexibility index (Phi) is 10.2. The van der Waals surface area contributed by atoms with E-state index < -0.39 is 66.9 Å². The summed E-state index contributed by atoms with van der Waals surface area (Å²) in [7, 11) is 0. The Labute approximate surface area is 153 Å². The van der Waals surface area contributed by atoms with Crippen molar-refractivity contribution in [1.82, 2.24) is 16.0 Å². The number of rotatable bonds is 11. The molecule has 12 nitrogen and oxygen atoms in total. The first-order valence-electron chi connectivity index (χ1n) is 7.36. The lowest BCUT2D eigenvalue weighted by Gasteiger charge is -2.22. The summed E-state index contributed by atoms with van der Waals surface area (Å²) in [5, 5.41) is 32.8. The van der Waals surface area contributed by atoms with Gasteiger partial charge in [-0.15, -0.1) is 0 Å². The van der Waals surface area contributed by atoms with Crippen molar-refractivity contribution in [1.29, 1.82) is 0 Å². The van der Waals surface area contributed by atoms with E-state index in [-0.39, 0.29) is 5.75 Å². The van der Waals surface area contributed by atoms with Crippen LogP contribution in [-0.4, -0.2) is 81.5 Å². The Hall–Kier alpha value is -2.38. The van der Waals surface area contributed by atoms with E-state index in [9.17, 15) is 24.0 Å². The highest BCUT2D eigenvalue weighted by molar-refractivity contribution is 7.80. The molecule has 0 spiro atoms. The first kappa shape index (κ1) is 23.6. The van der Waals surface area contributed by atoms with Crippen molar-refractivity contribution in [2.75, 3.05) is 12.4 Å².